The van der Waals surface area contributed by atoms with E-state index < -0.39 is 0 Å². The Labute approximate surface area is 104 Å². The largest absolute Gasteiger partial charge is 0.491 e. The number of benzene rings is 1. The van der Waals surface area contributed by atoms with Crippen molar-refractivity contribution in [2.24, 2.45) is 5.41 Å². The molecule has 1 aromatic carbocycles. The number of aliphatic hydroxyl groups is 1. The smallest absolute Gasteiger partial charge is 0.142 e. The van der Waals surface area contributed by atoms with Crippen LogP contribution in [0.25, 0.3) is 0 Å². The van der Waals surface area contributed by atoms with Gasteiger partial charge in [0.25, 0.3) is 0 Å². The molecule has 0 heterocycles. The number of hydrogen-bond donors (Lipinski definition) is 2. The van der Waals surface area contributed by atoms with E-state index in [0.29, 0.717) is 0 Å². The molecule has 0 saturated carbocycles. The Morgan fingerprint density at radius 2 is 2.00 bits per heavy atom. The SMILES string of the molecule is CCCOc1ccccc1NCC(C)(C)CO. The van der Waals surface area contributed by atoms with E-state index in [-0.39, 0.29) is 12.0 Å². The Morgan fingerprint density at radius 3 is 2.65 bits per heavy atom. The van der Waals surface area contributed by atoms with Gasteiger partial charge in [0.05, 0.1) is 12.3 Å². The third-order valence-corrected chi connectivity index (χ3v) is 2.53. The first kappa shape index (κ1) is 13.8. The molecule has 0 fully saturated rings. The van der Waals surface area contributed by atoms with Crippen molar-refractivity contribution in [1.82, 2.24) is 0 Å². The van der Waals surface area contributed by atoms with Crippen molar-refractivity contribution in [1.29, 1.82) is 0 Å². The maximum atomic E-state index is 9.21. The van der Waals surface area contributed by atoms with Crippen LogP contribution in [0.15, 0.2) is 24.3 Å². The minimum Gasteiger partial charge on any atom is -0.491 e. The first-order valence-corrected chi connectivity index (χ1v) is 6.15. The summed E-state index contributed by atoms with van der Waals surface area (Å²) < 4.78 is 5.66. The monoisotopic (exact) mass is 237 g/mol. The molecule has 2 N–H and O–H groups in total. The zero-order chi connectivity index (χ0) is 12.7. The maximum absolute atomic E-state index is 9.21. The second-order valence-electron chi connectivity index (χ2n) is 5.02. The van der Waals surface area contributed by atoms with Gasteiger partial charge in [-0.05, 0) is 18.6 Å². The number of ether oxygens (including phenoxy) is 1. The van der Waals surface area contributed by atoms with Crippen LogP contribution in [0.5, 0.6) is 5.75 Å². The molecule has 1 aromatic rings. The van der Waals surface area contributed by atoms with E-state index >= 15 is 0 Å². The highest BCUT2D eigenvalue weighted by Gasteiger charge is 2.16. The van der Waals surface area contributed by atoms with E-state index in [0.717, 1.165) is 31.0 Å². The summed E-state index contributed by atoms with van der Waals surface area (Å²) in [6.45, 7) is 7.74. The van der Waals surface area contributed by atoms with Gasteiger partial charge in [0.15, 0.2) is 0 Å². The van der Waals surface area contributed by atoms with Gasteiger partial charge in [-0.3, -0.25) is 0 Å². The van der Waals surface area contributed by atoms with Crippen LogP contribution in [0, 0.1) is 5.41 Å². The average molecular weight is 237 g/mol. The van der Waals surface area contributed by atoms with Crippen molar-refractivity contribution in [3.8, 4) is 5.75 Å². The number of rotatable bonds is 7. The Hall–Kier alpha value is -1.22. The standard InChI is InChI=1S/C14H23NO2/c1-4-9-17-13-8-6-5-7-12(13)15-10-14(2,3)11-16/h5-8,15-16H,4,9-11H2,1-3H3. The van der Waals surface area contributed by atoms with Gasteiger partial charge in [-0.2, -0.15) is 0 Å². The molecule has 0 atom stereocenters. The molecule has 0 aliphatic heterocycles. The van der Waals surface area contributed by atoms with Crippen LogP contribution in [-0.2, 0) is 0 Å². The summed E-state index contributed by atoms with van der Waals surface area (Å²) in [7, 11) is 0. The lowest BCUT2D eigenvalue weighted by molar-refractivity contribution is 0.170. The summed E-state index contributed by atoms with van der Waals surface area (Å²) in [5.74, 6) is 0.878. The van der Waals surface area contributed by atoms with Crippen molar-refractivity contribution in [2.75, 3.05) is 25.1 Å². The number of nitrogens with one attached hydrogen (secondary N) is 1. The molecule has 0 unspecified atom stereocenters. The lowest BCUT2D eigenvalue weighted by Crippen LogP contribution is -2.26. The third-order valence-electron chi connectivity index (χ3n) is 2.53. The van der Waals surface area contributed by atoms with Gasteiger partial charge in [-0.25, -0.2) is 0 Å². The van der Waals surface area contributed by atoms with Crippen LogP contribution >= 0.6 is 0 Å². The van der Waals surface area contributed by atoms with E-state index in [4.69, 9.17) is 4.74 Å². The van der Waals surface area contributed by atoms with Crippen LogP contribution in [0.1, 0.15) is 27.2 Å². The van der Waals surface area contributed by atoms with E-state index in [1.807, 2.05) is 38.1 Å². The summed E-state index contributed by atoms with van der Waals surface area (Å²) in [5, 5.41) is 12.5. The fourth-order valence-electron chi connectivity index (χ4n) is 1.34. The van der Waals surface area contributed by atoms with Gasteiger partial charge in [0.1, 0.15) is 5.75 Å². The van der Waals surface area contributed by atoms with Crippen molar-refractivity contribution in [3.63, 3.8) is 0 Å². The molecule has 0 bridgehead atoms. The zero-order valence-electron chi connectivity index (χ0n) is 11.0. The minimum absolute atomic E-state index is 0.127. The van der Waals surface area contributed by atoms with Crippen molar-refractivity contribution < 1.29 is 9.84 Å². The molecule has 0 aliphatic carbocycles. The van der Waals surface area contributed by atoms with Crippen LogP contribution in [-0.4, -0.2) is 24.9 Å². The predicted octanol–water partition coefficient (Wildman–Crippen LogP) is 2.91. The summed E-state index contributed by atoms with van der Waals surface area (Å²) in [6.07, 6.45) is 0.996. The molecule has 17 heavy (non-hydrogen) atoms. The van der Waals surface area contributed by atoms with Crippen LogP contribution < -0.4 is 10.1 Å². The van der Waals surface area contributed by atoms with Gasteiger partial charge in [-0.15, -0.1) is 0 Å². The van der Waals surface area contributed by atoms with E-state index in [1.54, 1.807) is 0 Å². The van der Waals surface area contributed by atoms with Gasteiger partial charge < -0.3 is 15.2 Å². The normalized spacial score (nSPS) is 11.3. The average Bonchev–Trinajstić information content (AvgIpc) is 2.35. The van der Waals surface area contributed by atoms with Gasteiger partial charge >= 0.3 is 0 Å². The molecule has 1 rings (SSSR count). The molecule has 96 valence electrons. The Morgan fingerprint density at radius 1 is 1.29 bits per heavy atom. The zero-order valence-corrected chi connectivity index (χ0v) is 11.0. The molecule has 0 amide bonds. The third kappa shape index (κ3) is 4.65. The topological polar surface area (TPSA) is 41.5 Å². The molecule has 0 aliphatic rings. The molecule has 3 nitrogen and oxygen atoms in total. The quantitative estimate of drug-likeness (QED) is 0.766. The van der Waals surface area contributed by atoms with Gasteiger partial charge in [0.2, 0.25) is 0 Å². The summed E-state index contributed by atoms with van der Waals surface area (Å²) in [6, 6.07) is 7.91. The van der Waals surface area contributed by atoms with Crippen molar-refractivity contribution in [3.05, 3.63) is 24.3 Å². The van der Waals surface area contributed by atoms with Gasteiger partial charge in [-0.1, -0.05) is 32.9 Å². The fourth-order valence-corrected chi connectivity index (χ4v) is 1.34. The van der Waals surface area contributed by atoms with Crippen LogP contribution in [0.3, 0.4) is 0 Å². The Bertz CT molecular complexity index is 337. The van der Waals surface area contributed by atoms with Gasteiger partial charge in [0, 0.05) is 18.6 Å². The second kappa shape index (κ2) is 6.50. The van der Waals surface area contributed by atoms with Crippen LogP contribution in [0.2, 0.25) is 0 Å². The molecular formula is C14H23NO2. The number of hydrogen-bond acceptors (Lipinski definition) is 3. The maximum Gasteiger partial charge on any atom is 0.142 e. The predicted molar refractivity (Wildman–Crippen MR) is 71.6 cm³/mol. The fraction of sp³-hybridized carbons (Fsp3) is 0.571. The minimum atomic E-state index is -0.127. The molecule has 0 aromatic heterocycles. The van der Waals surface area contributed by atoms with Crippen molar-refractivity contribution in [2.45, 2.75) is 27.2 Å². The first-order valence-electron chi connectivity index (χ1n) is 6.15. The number of anilines is 1. The number of aliphatic hydroxyl groups excluding tert-OH is 1. The summed E-state index contributed by atoms with van der Waals surface area (Å²) in [5.41, 5.74) is 0.861. The lowest BCUT2D eigenvalue weighted by atomic mass is 9.95. The first-order chi connectivity index (χ1) is 8.09. The van der Waals surface area contributed by atoms with E-state index in [1.165, 1.54) is 0 Å². The molecule has 3 heteroatoms. The van der Waals surface area contributed by atoms with E-state index in [2.05, 4.69) is 12.2 Å². The molecule has 0 spiro atoms. The number of para-hydroxylation sites is 2. The van der Waals surface area contributed by atoms with E-state index in [9.17, 15) is 5.11 Å². The Kier molecular flexibility index (Phi) is 5.29. The highest BCUT2D eigenvalue weighted by molar-refractivity contribution is 5.56. The highest BCUT2D eigenvalue weighted by atomic mass is 16.5. The highest BCUT2D eigenvalue weighted by Crippen LogP contribution is 2.25. The molecule has 0 radical (unpaired) electrons. The van der Waals surface area contributed by atoms with Crippen LogP contribution in [0.4, 0.5) is 5.69 Å². The molecule has 0 saturated heterocycles. The van der Waals surface area contributed by atoms with Crippen molar-refractivity contribution >= 4 is 5.69 Å². The second-order valence-corrected chi connectivity index (χ2v) is 5.02. The summed E-state index contributed by atoms with van der Waals surface area (Å²) >= 11 is 0. The lowest BCUT2D eigenvalue weighted by Gasteiger charge is -2.23. The molecular weight excluding hydrogens is 214 g/mol. The summed E-state index contributed by atoms with van der Waals surface area (Å²) in [4.78, 5) is 0. The Balaban J connectivity index is 2.63.